The Labute approximate surface area is 85.4 Å². The van der Waals surface area contributed by atoms with Crippen molar-refractivity contribution >= 4 is 21.9 Å². The van der Waals surface area contributed by atoms with Gasteiger partial charge in [0.1, 0.15) is 6.10 Å². The van der Waals surface area contributed by atoms with Crippen molar-refractivity contribution in [2.75, 3.05) is 6.61 Å². The SMILES string of the molecule is CCC[C@H](O)[C@](F)(Br)C(=O)OCC. The van der Waals surface area contributed by atoms with Crippen molar-refractivity contribution < 1.29 is 19.0 Å². The van der Waals surface area contributed by atoms with Crippen LogP contribution in [0.25, 0.3) is 0 Å². The van der Waals surface area contributed by atoms with Gasteiger partial charge in [0.15, 0.2) is 0 Å². The minimum absolute atomic E-state index is 0.0922. The Morgan fingerprint density at radius 3 is 2.62 bits per heavy atom. The maximum absolute atomic E-state index is 13.4. The summed E-state index contributed by atoms with van der Waals surface area (Å²) in [4.78, 5) is 11.0. The summed E-state index contributed by atoms with van der Waals surface area (Å²) in [6.45, 7) is 3.46. The predicted octanol–water partition coefficient (Wildman–Crippen LogP) is 1.77. The summed E-state index contributed by atoms with van der Waals surface area (Å²) in [6.07, 6.45) is -0.560. The lowest BCUT2D eigenvalue weighted by molar-refractivity contribution is -0.156. The topological polar surface area (TPSA) is 46.5 Å². The number of aliphatic hydroxyl groups excluding tert-OH is 1. The largest absolute Gasteiger partial charge is 0.463 e. The quantitative estimate of drug-likeness (QED) is 0.603. The van der Waals surface area contributed by atoms with Crippen LogP contribution in [0.3, 0.4) is 0 Å². The number of ether oxygens (including phenoxy) is 1. The van der Waals surface area contributed by atoms with E-state index in [0.717, 1.165) is 0 Å². The van der Waals surface area contributed by atoms with E-state index in [4.69, 9.17) is 0 Å². The molecule has 0 amide bonds. The molecule has 1 N–H and O–H groups in total. The molecule has 0 aliphatic heterocycles. The Bertz CT molecular complexity index is 173. The zero-order valence-corrected chi connectivity index (χ0v) is 9.30. The average molecular weight is 257 g/mol. The maximum atomic E-state index is 13.4. The number of carbonyl (C=O) groups is 1. The highest BCUT2D eigenvalue weighted by Gasteiger charge is 2.44. The van der Waals surface area contributed by atoms with Crippen LogP contribution in [0, 0.1) is 0 Å². The Kier molecular flexibility index (Phi) is 5.48. The summed E-state index contributed by atoms with van der Waals surface area (Å²) in [5, 5.41) is 9.25. The molecular formula is C8H14BrFO3. The van der Waals surface area contributed by atoms with Crippen LogP contribution in [-0.4, -0.2) is 28.4 Å². The van der Waals surface area contributed by atoms with Gasteiger partial charge in [0, 0.05) is 0 Å². The molecule has 0 saturated carbocycles. The van der Waals surface area contributed by atoms with Gasteiger partial charge in [-0.3, -0.25) is 0 Å². The lowest BCUT2D eigenvalue weighted by Crippen LogP contribution is -2.41. The van der Waals surface area contributed by atoms with E-state index < -0.39 is 16.7 Å². The number of hydrogen-bond donors (Lipinski definition) is 1. The van der Waals surface area contributed by atoms with Gasteiger partial charge < -0.3 is 9.84 Å². The van der Waals surface area contributed by atoms with Crippen molar-refractivity contribution in [2.24, 2.45) is 0 Å². The van der Waals surface area contributed by atoms with Gasteiger partial charge in [-0.1, -0.05) is 13.3 Å². The monoisotopic (exact) mass is 256 g/mol. The minimum atomic E-state index is -2.47. The zero-order chi connectivity index (χ0) is 10.5. The maximum Gasteiger partial charge on any atom is 0.357 e. The molecule has 0 rings (SSSR count). The van der Waals surface area contributed by atoms with Crippen molar-refractivity contribution in [1.82, 2.24) is 0 Å². The number of halogens is 2. The standard InChI is InChI=1S/C8H14BrFO3/c1-3-5-6(11)8(9,10)7(12)13-4-2/h6,11H,3-5H2,1-2H3/t6-,8+/m0/s1. The van der Waals surface area contributed by atoms with E-state index in [-0.39, 0.29) is 13.0 Å². The number of alkyl halides is 2. The molecule has 13 heavy (non-hydrogen) atoms. The van der Waals surface area contributed by atoms with Crippen LogP contribution in [0.4, 0.5) is 4.39 Å². The predicted molar refractivity (Wildman–Crippen MR) is 50.3 cm³/mol. The smallest absolute Gasteiger partial charge is 0.357 e. The molecule has 5 heteroatoms. The van der Waals surface area contributed by atoms with E-state index in [2.05, 4.69) is 20.7 Å². The van der Waals surface area contributed by atoms with Crippen molar-refractivity contribution in [3.8, 4) is 0 Å². The van der Waals surface area contributed by atoms with E-state index in [1.807, 2.05) is 0 Å². The van der Waals surface area contributed by atoms with Crippen molar-refractivity contribution in [3.05, 3.63) is 0 Å². The van der Waals surface area contributed by atoms with Crippen molar-refractivity contribution in [2.45, 2.75) is 37.4 Å². The minimum Gasteiger partial charge on any atom is -0.463 e. The first-order chi connectivity index (χ1) is 5.96. The fourth-order valence-electron chi connectivity index (χ4n) is 0.818. The Hall–Kier alpha value is -0.160. The van der Waals surface area contributed by atoms with Crippen LogP contribution in [0.15, 0.2) is 0 Å². The molecule has 2 atom stereocenters. The number of hydrogen-bond acceptors (Lipinski definition) is 3. The fraction of sp³-hybridized carbons (Fsp3) is 0.875. The van der Waals surface area contributed by atoms with E-state index in [0.29, 0.717) is 6.42 Å². The van der Waals surface area contributed by atoms with Gasteiger partial charge in [-0.15, -0.1) is 0 Å². The fourth-order valence-corrected chi connectivity index (χ4v) is 1.16. The molecule has 0 saturated heterocycles. The number of carbonyl (C=O) groups excluding carboxylic acids is 1. The number of esters is 1. The summed E-state index contributed by atoms with van der Waals surface area (Å²) in [7, 11) is 0. The van der Waals surface area contributed by atoms with Gasteiger partial charge >= 0.3 is 5.97 Å². The van der Waals surface area contributed by atoms with Gasteiger partial charge in [-0.05, 0) is 29.3 Å². The van der Waals surface area contributed by atoms with E-state index >= 15 is 0 Å². The highest BCUT2D eigenvalue weighted by atomic mass is 79.9. The molecule has 0 aliphatic rings. The third-order valence-electron chi connectivity index (χ3n) is 1.53. The van der Waals surface area contributed by atoms with Crippen molar-refractivity contribution in [1.29, 1.82) is 0 Å². The Morgan fingerprint density at radius 1 is 1.69 bits per heavy atom. The van der Waals surface area contributed by atoms with E-state index in [9.17, 15) is 14.3 Å². The highest BCUT2D eigenvalue weighted by Crippen LogP contribution is 2.28. The summed E-state index contributed by atoms with van der Waals surface area (Å²) < 4.78 is 15.4. The molecule has 3 nitrogen and oxygen atoms in total. The average Bonchev–Trinajstić information content (AvgIpc) is 2.05. The molecule has 0 aromatic rings. The lowest BCUT2D eigenvalue weighted by Gasteiger charge is -2.21. The zero-order valence-electron chi connectivity index (χ0n) is 7.72. The summed E-state index contributed by atoms with van der Waals surface area (Å²) in [5.74, 6) is -1.07. The third-order valence-corrected chi connectivity index (χ3v) is 2.38. The van der Waals surface area contributed by atoms with Gasteiger partial charge in [-0.25, -0.2) is 9.18 Å². The summed E-state index contributed by atoms with van der Waals surface area (Å²) >= 11 is 2.52. The molecule has 0 aliphatic carbocycles. The molecule has 0 heterocycles. The highest BCUT2D eigenvalue weighted by molar-refractivity contribution is 9.10. The summed E-state index contributed by atoms with van der Waals surface area (Å²) in [5.41, 5.74) is 0. The number of aliphatic hydroxyl groups is 1. The molecule has 78 valence electrons. The molecule has 0 unspecified atom stereocenters. The molecule has 0 spiro atoms. The molecular weight excluding hydrogens is 243 g/mol. The molecule has 0 bridgehead atoms. The van der Waals surface area contributed by atoms with Gasteiger partial charge in [0.25, 0.3) is 4.58 Å². The van der Waals surface area contributed by atoms with Gasteiger partial charge in [0.2, 0.25) is 0 Å². The lowest BCUT2D eigenvalue weighted by atomic mass is 10.1. The second kappa shape index (κ2) is 5.54. The second-order valence-corrected chi connectivity index (χ2v) is 3.80. The van der Waals surface area contributed by atoms with Crippen LogP contribution in [-0.2, 0) is 9.53 Å². The van der Waals surface area contributed by atoms with Crippen LogP contribution in [0.2, 0.25) is 0 Å². The molecule has 0 radical (unpaired) electrons. The first kappa shape index (κ1) is 12.8. The second-order valence-electron chi connectivity index (χ2n) is 2.65. The van der Waals surface area contributed by atoms with Crippen molar-refractivity contribution in [3.63, 3.8) is 0 Å². The third kappa shape index (κ3) is 3.60. The first-order valence-electron chi connectivity index (χ1n) is 4.19. The molecule has 0 fully saturated rings. The van der Waals surface area contributed by atoms with E-state index in [1.54, 1.807) is 13.8 Å². The van der Waals surface area contributed by atoms with Crippen LogP contribution >= 0.6 is 15.9 Å². The molecule has 0 aromatic heterocycles. The Morgan fingerprint density at radius 2 is 2.23 bits per heavy atom. The normalized spacial score (nSPS) is 17.6. The van der Waals surface area contributed by atoms with Crippen LogP contribution < -0.4 is 0 Å². The van der Waals surface area contributed by atoms with Gasteiger partial charge in [-0.2, -0.15) is 0 Å². The van der Waals surface area contributed by atoms with Crippen LogP contribution in [0.5, 0.6) is 0 Å². The summed E-state index contributed by atoms with van der Waals surface area (Å²) in [6, 6.07) is 0. The van der Waals surface area contributed by atoms with E-state index in [1.165, 1.54) is 0 Å². The van der Waals surface area contributed by atoms with Crippen LogP contribution in [0.1, 0.15) is 26.7 Å². The Balaban J connectivity index is 4.26. The number of rotatable bonds is 5. The first-order valence-corrected chi connectivity index (χ1v) is 4.99. The molecule has 0 aromatic carbocycles. The van der Waals surface area contributed by atoms with Gasteiger partial charge in [0.05, 0.1) is 6.61 Å².